The van der Waals surface area contributed by atoms with Gasteiger partial charge in [-0.2, -0.15) is 0 Å². The highest BCUT2D eigenvalue weighted by atomic mass is 16.5. The second-order valence-corrected chi connectivity index (χ2v) is 3.75. The van der Waals surface area contributed by atoms with Gasteiger partial charge in [0.1, 0.15) is 0 Å². The number of hydrogen-bond donors (Lipinski definition) is 1. The number of aliphatic hydroxyl groups is 1. The Morgan fingerprint density at radius 2 is 2.08 bits per heavy atom. The fraction of sp³-hybridized carbons (Fsp3) is 1.00. The van der Waals surface area contributed by atoms with E-state index in [1.165, 1.54) is 19.3 Å². The lowest BCUT2D eigenvalue weighted by molar-refractivity contribution is 0.0593. The van der Waals surface area contributed by atoms with Gasteiger partial charge in [0.15, 0.2) is 0 Å². The van der Waals surface area contributed by atoms with Crippen molar-refractivity contribution in [1.82, 2.24) is 0 Å². The first-order valence-electron chi connectivity index (χ1n) is 5.01. The van der Waals surface area contributed by atoms with Crippen molar-refractivity contribution < 1.29 is 9.84 Å². The Hall–Kier alpha value is -0.0800. The van der Waals surface area contributed by atoms with E-state index in [0.29, 0.717) is 5.92 Å². The molecule has 0 radical (unpaired) electrons. The minimum absolute atomic E-state index is 0.0318. The van der Waals surface area contributed by atoms with Crippen LogP contribution < -0.4 is 0 Å². The van der Waals surface area contributed by atoms with Crippen LogP contribution in [0.5, 0.6) is 0 Å². The van der Waals surface area contributed by atoms with Crippen molar-refractivity contribution >= 4 is 0 Å². The van der Waals surface area contributed by atoms with Gasteiger partial charge in [0.05, 0.1) is 6.10 Å². The van der Waals surface area contributed by atoms with E-state index in [1.54, 1.807) is 7.11 Å². The Morgan fingerprint density at radius 1 is 1.33 bits per heavy atom. The minimum atomic E-state index is -0.0318. The van der Waals surface area contributed by atoms with Crippen LogP contribution in [0.3, 0.4) is 0 Å². The van der Waals surface area contributed by atoms with Gasteiger partial charge in [0.2, 0.25) is 0 Å². The molecule has 2 atom stereocenters. The van der Waals surface area contributed by atoms with E-state index >= 15 is 0 Å². The molecule has 0 aliphatic heterocycles. The Morgan fingerprint density at radius 3 is 2.75 bits per heavy atom. The molecule has 2 heteroatoms. The highest BCUT2D eigenvalue weighted by Gasteiger charge is 2.21. The quantitative estimate of drug-likeness (QED) is 0.657. The van der Waals surface area contributed by atoms with Crippen molar-refractivity contribution in [2.75, 3.05) is 13.7 Å². The van der Waals surface area contributed by atoms with Gasteiger partial charge in [-0.25, -0.2) is 0 Å². The maximum atomic E-state index is 9.63. The first-order chi connectivity index (χ1) is 5.84. The van der Waals surface area contributed by atoms with Gasteiger partial charge in [-0.3, -0.25) is 0 Å². The Bertz CT molecular complexity index is 114. The fourth-order valence-electron chi connectivity index (χ4n) is 2.01. The molecule has 72 valence electrons. The van der Waals surface area contributed by atoms with Crippen LogP contribution in [0.4, 0.5) is 0 Å². The van der Waals surface area contributed by atoms with Crippen LogP contribution in [0, 0.1) is 5.92 Å². The Labute approximate surface area is 74.9 Å². The molecule has 0 aromatic heterocycles. The normalized spacial score (nSPS) is 30.5. The molecule has 1 rings (SSSR count). The Kier molecular flexibility index (Phi) is 4.62. The van der Waals surface area contributed by atoms with Crippen LogP contribution in [0.25, 0.3) is 0 Å². The van der Waals surface area contributed by atoms with Crippen LogP contribution >= 0.6 is 0 Å². The summed E-state index contributed by atoms with van der Waals surface area (Å²) in [6, 6.07) is 0. The summed E-state index contributed by atoms with van der Waals surface area (Å²) in [6.45, 7) is 0.837. The van der Waals surface area contributed by atoms with Crippen molar-refractivity contribution in [3.8, 4) is 0 Å². The highest BCUT2D eigenvalue weighted by Crippen LogP contribution is 2.27. The molecule has 2 nitrogen and oxygen atoms in total. The SMILES string of the molecule is COCCC[C@@H]1CCCC[C@H]1O. The predicted octanol–water partition coefficient (Wildman–Crippen LogP) is 1.96. The molecule has 0 spiro atoms. The monoisotopic (exact) mass is 172 g/mol. The average molecular weight is 172 g/mol. The molecule has 1 saturated carbocycles. The summed E-state index contributed by atoms with van der Waals surface area (Å²) < 4.78 is 4.99. The van der Waals surface area contributed by atoms with Gasteiger partial charge in [-0.05, 0) is 31.6 Å². The third-order valence-corrected chi connectivity index (χ3v) is 2.79. The first kappa shape index (κ1) is 10.0. The molecule has 1 fully saturated rings. The van der Waals surface area contributed by atoms with Crippen molar-refractivity contribution in [2.24, 2.45) is 5.92 Å². The van der Waals surface area contributed by atoms with Gasteiger partial charge in [0, 0.05) is 13.7 Å². The van der Waals surface area contributed by atoms with Gasteiger partial charge in [0.25, 0.3) is 0 Å². The molecular weight excluding hydrogens is 152 g/mol. The Balaban J connectivity index is 2.11. The van der Waals surface area contributed by atoms with E-state index in [2.05, 4.69) is 0 Å². The van der Waals surface area contributed by atoms with E-state index in [9.17, 15) is 5.11 Å². The number of aliphatic hydroxyl groups excluding tert-OH is 1. The van der Waals surface area contributed by atoms with E-state index in [0.717, 1.165) is 25.9 Å². The maximum absolute atomic E-state index is 9.63. The summed E-state index contributed by atoms with van der Waals surface area (Å²) in [5.74, 6) is 0.550. The van der Waals surface area contributed by atoms with Crippen molar-refractivity contribution in [3.63, 3.8) is 0 Å². The summed E-state index contributed by atoms with van der Waals surface area (Å²) in [5, 5.41) is 9.63. The summed E-state index contributed by atoms with van der Waals surface area (Å²) in [4.78, 5) is 0. The van der Waals surface area contributed by atoms with E-state index in [1.807, 2.05) is 0 Å². The van der Waals surface area contributed by atoms with Crippen LogP contribution in [-0.2, 0) is 4.74 Å². The van der Waals surface area contributed by atoms with Crippen LogP contribution in [0.2, 0.25) is 0 Å². The van der Waals surface area contributed by atoms with Crippen molar-refractivity contribution in [3.05, 3.63) is 0 Å². The predicted molar refractivity (Wildman–Crippen MR) is 49.1 cm³/mol. The summed E-state index contributed by atoms with van der Waals surface area (Å²) in [6.07, 6.45) is 6.93. The second kappa shape index (κ2) is 5.55. The molecule has 0 amide bonds. The molecule has 0 unspecified atom stereocenters. The zero-order chi connectivity index (χ0) is 8.81. The number of rotatable bonds is 4. The number of ether oxygens (including phenoxy) is 1. The van der Waals surface area contributed by atoms with Gasteiger partial charge in [-0.15, -0.1) is 0 Å². The standard InChI is InChI=1S/C10H20O2/c1-12-8-4-6-9-5-2-3-7-10(9)11/h9-11H,2-8H2,1H3/t9-,10+/m0/s1. The lowest BCUT2D eigenvalue weighted by Gasteiger charge is -2.27. The zero-order valence-corrected chi connectivity index (χ0v) is 7.96. The molecule has 0 heterocycles. The molecule has 12 heavy (non-hydrogen) atoms. The average Bonchev–Trinajstić information content (AvgIpc) is 2.09. The smallest absolute Gasteiger partial charge is 0.0568 e. The largest absolute Gasteiger partial charge is 0.393 e. The molecule has 1 aliphatic carbocycles. The minimum Gasteiger partial charge on any atom is -0.393 e. The number of methoxy groups -OCH3 is 1. The van der Waals surface area contributed by atoms with Gasteiger partial charge >= 0.3 is 0 Å². The summed E-state index contributed by atoms with van der Waals surface area (Å²) >= 11 is 0. The summed E-state index contributed by atoms with van der Waals surface area (Å²) in [7, 11) is 1.73. The van der Waals surface area contributed by atoms with E-state index in [-0.39, 0.29) is 6.10 Å². The molecule has 1 N–H and O–H groups in total. The lowest BCUT2D eigenvalue weighted by atomic mass is 9.84. The maximum Gasteiger partial charge on any atom is 0.0568 e. The summed E-state index contributed by atoms with van der Waals surface area (Å²) in [5.41, 5.74) is 0. The molecule has 0 saturated heterocycles. The molecule has 0 aromatic carbocycles. The third kappa shape index (κ3) is 3.11. The topological polar surface area (TPSA) is 29.5 Å². The number of hydrogen-bond acceptors (Lipinski definition) is 2. The van der Waals surface area contributed by atoms with Gasteiger partial charge in [-0.1, -0.05) is 12.8 Å². The zero-order valence-electron chi connectivity index (χ0n) is 7.96. The van der Waals surface area contributed by atoms with Crippen molar-refractivity contribution in [1.29, 1.82) is 0 Å². The molecule has 0 aromatic rings. The van der Waals surface area contributed by atoms with E-state index in [4.69, 9.17) is 4.74 Å². The van der Waals surface area contributed by atoms with Crippen molar-refractivity contribution in [2.45, 2.75) is 44.6 Å². The first-order valence-corrected chi connectivity index (χ1v) is 5.01. The highest BCUT2D eigenvalue weighted by molar-refractivity contribution is 4.74. The van der Waals surface area contributed by atoms with Gasteiger partial charge < -0.3 is 9.84 Å². The second-order valence-electron chi connectivity index (χ2n) is 3.75. The fourth-order valence-corrected chi connectivity index (χ4v) is 2.01. The van der Waals surface area contributed by atoms with E-state index < -0.39 is 0 Å². The molecule has 1 aliphatic rings. The molecular formula is C10H20O2. The van der Waals surface area contributed by atoms with Crippen LogP contribution in [0.15, 0.2) is 0 Å². The molecule has 0 bridgehead atoms. The lowest BCUT2D eigenvalue weighted by Crippen LogP contribution is -2.24. The van der Waals surface area contributed by atoms with Crippen LogP contribution in [0.1, 0.15) is 38.5 Å². The van der Waals surface area contributed by atoms with Crippen LogP contribution in [-0.4, -0.2) is 24.9 Å². The third-order valence-electron chi connectivity index (χ3n) is 2.79.